The van der Waals surface area contributed by atoms with Crippen molar-refractivity contribution < 1.29 is 14.3 Å². The molecule has 9 heteroatoms. The van der Waals surface area contributed by atoms with Gasteiger partial charge in [0.2, 0.25) is 0 Å². The van der Waals surface area contributed by atoms with Crippen LogP contribution in [0.15, 0.2) is 112 Å². The van der Waals surface area contributed by atoms with Crippen LogP contribution >= 0.6 is 11.3 Å². The highest BCUT2D eigenvalue weighted by molar-refractivity contribution is 7.07. The maximum Gasteiger partial charge on any atom is 0.338 e. The number of hydrogen-bond donors (Lipinski definition) is 0. The molecular formula is C33H28N4O4S. The molecule has 210 valence electrons. The number of aromatic nitrogens is 3. The highest BCUT2D eigenvalue weighted by Gasteiger charge is 2.33. The van der Waals surface area contributed by atoms with Crippen molar-refractivity contribution in [2.75, 3.05) is 13.7 Å². The van der Waals surface area contributed by atoms with E-state index in [1.165, 1.54) is 11.3 Å². The maximum atomic E-state index is 14.1. The van der Waals surface area contributed by atoms with Crippen molar-refractivity contribution in [1.29, 1.82) is 0 Å². The van der Waals surface area contributed by atoms with Gasteiger partial charge in [0.25, 0.3) is 5.56 Å². The Kier molecular flexibility index (Phi) is 7.41. The Morgan fingerprint density at radius 1 is 1.00 bits per heavy atom. The van der Waals surface area contributed by atoms with Crippen molar-refractivity contribution >= 4 is 23.4 Å². The molecule has 0 aliphatic carbocycles. The third-order valence-electron chi connectivity index (χ3n) is 7.05. The van der Waals surface area contributed by atoms with Gasteiger partial charge in [0.1, 0.15) is 11.4 Å². The second kappa shape index (κ2) is 11.5. The van der Waals surface area contributed by atoms with Gasteiger partial charge in [-0.3, -0.25) is 9.36 Å². The smallest absolute Gasteiger partial charge is 0.338 e. The second-order valence-electron chi connectivity index (χ2n) is 9.65. The molecule has 1 aliphatic heterocycles. The summed E-state index contributed by atoms with van der Waals surface area (Å²) in [5.74, 6) is 0.262. The zero-order valence-electron chi connectivity index (χ0n) is 23.4. The Hall–Kier alpha value is -5.02. The van der Waals surface area contributed by atoms with Gasteiger partial charge in [0.15, 0.2) is 4.80 Å². The molecule has 3 heterocycles. The second-order valence-corrected chi connectivity index (χ2v) is 10.7. The fourth-order valence-corrected chi connectivity index (χ4v) is 6.10. The van der Waals surface area contributed by atoms with E-state index in [0.717, 1.165) is 33.8 Å². The first-order chi connectivity index (χ1) is 20.5. The Labute approximate surface area is 246 Å². The van der Waals surface area contributed by atoms with Crippen molar-refractivity contribution in [2.45, 2.75) is 19.9 Å². The average molecular weight is 577 g/mol. The van der Waals surface area contributed by atoms with Crippen molar-refractivity contribution in [3.63, 3.8) is 0 Å². The quantitative estimate of drug-likeness (QED) is 0.263. The molecule has 0 radical (unpaired) electrons. The third kappa shape index (κ3) is 4.99. The summed E-state index contributed by atoms with van der Waals surface area (Å²) in [6.07, 6.45) is 3.76. The molecule has 1 aliphatic rings. The van der Waals surface area contributed by atoms with E-state index in [-0.39, 0.29) is 12.2 Å². The molecule has 42 heavy (non-hydrogen) atoms. The van der Waals surface area contributed by atoms with Gasteiger partial charge in [0, 0.05) is 17.3 Å². The summed E-state index contributed by atoms with van der Waals surface area (Å²) in [6.45, 7) is 3.77. The van der Waals surface area contributed by atoms with Gasteiger partial charge >= 0.3 is 5.97 Å². The molecule has 0 spiro atoms. The van der Waals surface area contributed by atoms with Gasteiger partial charge in [-0.2, -0.15) is 5.10 Å². The van der Waals surface area contributed by atoms with Crippen LogP contribution in [-0.4, -0.2) is 34.0 Å². The number of esters is 1. The topological polar surface area (TPSA) is 87.7 Å². The van der Waals surface area contributed by atoms with Crippen LogP contribution in [0.5, 0.6) is 5.75 Å². The van der Waals surface area contributed by atoms with E-state index in [9.17, 15) is 9.59 Å². The van der Waals surface area contributed by atoms with E-state index in [4.69, 9.17) is 14.6 Å². The Balaban J connectivity index is 1.55. The number of hydrogen-bond acceptors (Lipinski definition) is 7. The minimum Gasteiger partial charge on any atom is -0.497 e. The van der Waals surface area contributed by atoms with Crippen LogP contribution in [0.25, 0.3) is 23.0 Å². The first kappa shape index (κ1) is 27.2. The molecule has 0 amide bonds. The lowest BCUT2D eigenvalue weighted by molar-refractivity contribution is -0.139. The number of rotatable bonds is 7. The summed E-state index contributed by atoms with van der Waals surface area (Å²) in [5, 5.41) is 4.89. The molecule has 1 atom stereocenters. The number of ether oxygens (including phenoxy) is 2. The lowest BCUT2D eigenvalue weighted by Gasteiger charge is -2.24. The van der Waals surface area contributed by atoms with Crippen molar-refractivity contribution in [1.82, 2.24) is 14.3 Å². The van der Waals surface area contributed by atoms with E-state index in [1.807, 2.05) is 97.2 Å². The van der Waals surface area contributed by atoms with Gasteiger partial charge in [-0.05, 0) is 61.9 Å². The fraction of sp³-hybridized carbons (Fsp3) is 0.152. The summed E-state index contributed by atoms with van der Waals surface area (Å²) >= 11 is 1.29. The predicted molar refractivity (Wildman–Crippen MR) is 162 cm³/mol. The van der Waals surface area contributed by atoms with Crippen LogP contribution in [0.1, 0.15) is 31.0 Å². The molecule has 0 saturated heterocycles. The average Bonchev–Trinajstić information content (AvgIpc) is 3.58. The molecule has 0 bridgehead atoms. The number of benzene rings is 3. The van der Waals surface area contributed by atoms with E-state index in [2.05, 4.69) is 4.99 Å². The SMILES string of the molecule is CCOC(=O)C1=C(C)N=c2s/c(=C\c3cn(-c4ccccc4)nc3-c3ccc(OC)cc3)c(=O)n2[C@@H]1c1ccccc1. The summed E-state index contributed by atoms with van der Waals surface area (Å²) < 4.78 is 14.6. The largest absolute Gasteiger partial charge is 0.497 e. The van der Waals surface area contributed by atoms with E-state index >= 15 is 0 Å². The van der Waals surface area contributed by atoms with Crippen LogP contribution < -0.4 is 19.6 Å². The summed E-state index contributed by atoms with van der Waals surface area (Å²) in [7, 11) is 1.63. The number of para-hydroxylation sites is 1. The third-order valence-corrected chi connectivity index (χ3v) is 8.03. The van der Waals surface area contributed by atoms with Gasteiger partial charge in [-0.25, -0.2) is 14.5 Å². The molecule has 0 saturated carbocycles. The molecular weight excluding hydrogens is 548 g/mol. The molecule has 0 unspecified atom stereocenters. The zero-order valence-corrected chi connectivity index (χ0v) is 24.2. The van der Waals surface area contributed by atoms with E-state index in [0.29, 0.717) is 20.6 Å². The molecule has 3 aromatic carbocycles. The number of fused-ring (bicyclic) bond motifs is 1. The lowest BCUT2D eigenvalue weighted by atomic mass is 9.96. The Bertz CT molecular complexity index is 1970. The standard InChI is InChI=1S/C33H28N4O4S/c1-4-41-32(39)28-21(2)34-33-37(30(28)23-11-7-5-8-12-23)31(38)27(42-33)19-24-20-36(25-13-9-6-10-14-25)35-29(24)22-15-17-26(40-3)18-16-22/h5-20,30H,4H2,1-3H3/b27-19-/t30-/m1/s1. The van der Waals surface area contributed by atoms with Crippen LogP contribution in [-0.2, 0) is 9.53 Å². The van der Waals surface area contributed by atoms with Gasteiger partial charge < -0.3 is 9.47 Å². The number of nitrogens with zero attached hydrogens (tertiary/aromatic N) is 4. The monoisotopic (exact) mass is 576 g/mol. The fourth-order valence-electron chi connectivity index (χ4n) is 5.06. The molecule has 6 rings (SSSR count). The number of carbonyl (C=O) groups excluding carboxylic acids is 1. The summed E-state index contributed by atoms with van der Waals surface area (Å²) in [5.41, 5.74) is 4.72. The van der Waals surface area contributed by atoms with E-state index in [1.54, 1.807) is 30.2 Å². The van der Waals surface area contributed by atoms with Gasteiger partial charge in [-0.15, -0.1) is 0 Å². The Morgan fingerprint density at radius 3 is 2.36 bits per heavy atom. The summed E-state index contributed by atoms with van der Waals surface area (Å²) in [6, 6.07) is 26.3. The van der Waals surface area contributed by atoms with Crippen molar-refractivity contribution in [3.8, 4) is 22.7 Å². The van der Waals surface area contributed by atoms with Crippen LogP contribution in [0, 0.1) is 0 Å². The minimum atomic E-state index is -0.656. The molecule has 0 fully saturated rings. The molecule has 2 aromatic heterocycles. The predicted octanol–water partition coefficient (Wildman–Crippen LogP) is 4.66. The van der Waals surface area contributed by atoms with Crippen LogP contribution in [0.4, 0.5) is 0 Å². The van der Waals surface area contributed by atoms with Gasteiger partial charge in [-0.1, -0.05) is 59.9 Å². The lowest BCUT2D eigenvalue weighted by Crippen LogP contribution is -2.39. The van der Waals surface area contributed by atoms with Crippen molar-refractivity contribution in [3.05, 3.63) is 133 Å². The first-order valence-electron chi connectivity index (χ1n) is 13.5. The molecule has 8 nitrogen and oxygen atoms in total. The Morgan fingerprint density at radius 2 is 1.69 bits per heavy atom. The van der Waals surface area contributed by atoms with E-state index < -0.39 is 12.0 Å². The zero-order chi connectivity index (χ0) is 29.2. The van der Waals surface area contributed by atoms with Crippen LogP contribution in [0.3, 0.4) is 0 Å². The number of carbonyl (C=O) groups is 1. The minimum absolute atomic E-state index is 0.223. The number of methoxy groups -OCH3 is 1. The van der Waals surface area contributed by atoms with Crippen molar-refractivity contribution in [2.24, 2.45) is 4.99 Å². The highest BCUT2D eigenvalue weighted by Crippen LogP contribution is 2.31. The number of allylic oxidation sites excluding steroid dienone is 1. The summed E-state index contributed by atoms with van der Waals surface area (Å²) in [4.78, 5) is 32.4. The molecule has 5 aromatic rings. The normalized spacial score (nSPS) is 14.8. The van der Waals surface area contributed by atoms with Gasteiger partial charge in [0.05, 0.1) is 41.2 Å². The van der Waals surface area contributed by atoms with Crippen LogP contribution in [0.2, 0.25) is 0 Å². The number of thiazole rings is 1. The first-order valence-corrected chi connectivity index (χ1v) is 14.3. The molecule has 0 N–H and O–H groups in total. The highest BCUT2D eigenvalue weighted by atomic mass is 32.1. The maximum absolute atomic E-state index is 14.1.